The number of anilines is 1. The van der Waals surface area contributed by atoms with Crippen molar-refractivity contribution in [2.24, 2.45) is 0 Å². The fourth-order valence-corrected chi connectivity index (χ4v) is 1.36. The summed E-state index contributed by atoms with van der Waals surface area (Å²) in [6.45, 7) is -0.141. The molecule has 72 valence electrons. The molecule has 5 heteroatoms. The summed E-state index contributed by atoms with van der Waals surface area (Å²) in [5, 5.41) is 19.7. The zero-order valence-electron chi connectivity index (χ0n) is 7.12. The van der Waals surface area contributed by atoms with Gasteiger partial charge >= 0.3 is 5.97 Å². The van der Waals surface area contributed by atoms with Crippen LogP contribution < -0.4 is 5.32 Å². The van der Waals surface area contributed by atoms with Crippen LogP contribution in [0.25, 0.3) is 0 Å². The van der Waals surface area contributed by atoms with E-state index in [1.165, 1.54) is 0 Å². The molecular formula is C9H7BrN2O2. The van der Waals surface area contributed by atoms with Crippen molar-refractivity contribution in [2.75, 3.05) is 11.9 Å². The Kier molecular flexibility index (Phi) is 3.48. The highest BCUT2D eigenvalue weighted by Gasteiger charge is 2.01. The van der Waals surface area contributed by atoms with E-state index < -0.39 is 5.97 Å². The second-order valence-corrected chi connectivity index (χ2v) is 3.41. The summed E-state index contributed by atoms with van der Waals surface area (Å²) >= 11 is 3.20. The number of carboxylic acids is 1. The molecule has 0 radical (unpaired) electrons. The van der Waals surface area contributed by atoms with Crippen molar-refractivity contribution in [3.05, 3.63) is 28.2 Å². The van der Waals surface area contributed by atoms with Gasteiger partial charge in [0.2, 0.25) is 0 Å². The predicted molar refractivity (Wildman–Crippen MR) is 55.0 cm³/mol. The third-order valence-corrected chi connectivity index (χ3v) is 2.19. The quantitative estimate of drug-likeness (QED) is 0.863. The Morgan fingerprint density at radius 3 is 2.86 bits per heavy atom. The van der Waals surface area contributed by atoms with E-state index in [1.807, 2.05) is 6.07 Å². The SMILES string of the molecule is N#Cc1ccc(NCC(=O)O)cc1Br. The molecule has 0 aliphatic heterocycles. The molecule has 1 rings (SSSR count). The first-order valence-corrected chi connectivity index (χ1v) is 4.58. The highest BCUT2D eigenvalue weighted by atomic mass is 79.9. The van der Waals surface area contributed by atoms with E-state index in [1.54, 1.807) is 18.2 Å². The van der Waals surface area contributed by atoms with Crippen molar-refractivity contribution in [2.45, 2.75) is 0 Å². The topological polar surface area (TPSA) is 73.1 Å². The maximum Gasteiger partial charge on any atom is 0.322 e. The third-order valence-electron chi connectivity index (χ3n) is 1.53. The molecule has 0 saturated carbocycles. The van der Waals surface area contributed by atoms with Crippen molar-refractivity contribution < 1.29 is 9.90 Å². The normalized spacial score (nSPS) is 9.14. The Morgan fingerprint density at radius 1 is 1.64 bits per heavy atom. The van der Waals surface area contributed by atoms with E-state index in [2.05, 4.69) is 21.2 Å². The molecule has 0 aliphatic carbocycles. The van der Waals surface area contributed by atoms with Gasteiger partial charge in [0.15, 0.2) is 0 Å². The van der Waals surface area contributed by atoms with Gasteiger partial charge in [0.25, 0.3) is 0 Å². The molecule has 1 aromatic carbocycles. The number of hydrogen-bond donors (Lipinski definition) is 2. The van der Waals surface area contributed by atoms with Crippen LogP contribution in [0.4, 0.5) is 5.69 Å². The Morgan fingerprint density at radius 2 is 2.36 bits per heavy atom. The first-order valence-electron chi connectivity index (χ1n) is 3.79. The minimum atomic E-state index is -0.925. The highest BCUT2D eigenvalue weighted by molar-refractivity contribution is 9.10. The first kappa shape index (κ1) is 10.5. The number of nitrogens with one attached hydrogen (secondary N) is 1. The summed E-state index contributed by atoms with van der Waals surface area (Å²) < 4.78 is 0.649. The van der Waals surface area contributed by atoms with Gasteiger partial charge in [-0.3, -0.25) is 4.79 Å². The molecule has 0 fully saturated rings. The molecule has 0 amide bonds. The van der Waals surface area contributed by atoms with E-state index in [-0.39, 0.29) is 6.54 Å². The van der Waals surface area contributed by atoms with Gasteiger partial charge in [-0.1, -0.05) is 0 Å². The van der Waals surface area contributed by atoms with Gasteiger partial charge < -0.3 is 10.4 Å². The predicted octanol–water partition coefficient (Wildman–Crippen LogP) is 1.82. The summed E-state index contributed by atoms with van der Waals surface area (Å²) in [5.41, 5.74) is 1.18. The summed E-state index contributed by atoms with van der Waals surface area (Å²) in [6, 6.07) is 6.94. The molecule has 0 aliphatic rings. The largest absolute Gasteiger partial charge is 0.480 e. The maximum atomic E-state index is 10.3. The lowest BCUT2D eigenvalue weighted by Crippen LogP contribution is -2.12. The van der Waals surface area contributed by atoms with Crippen molar-refractivity contribution in [1.29, 1.82) is 5.26 Å². The maximum absolute atomic E-state index is 10.3. The van der Waals surface area contributed by atoms with Crippen molar-refractivity contribution in [3.63, 3.8) is 0 Å². The van der Waals surface area contributed by atoms with Crippen LogP contribution in [0.2, 0.25) is 0 Å². The van der Waals surface area contributed by atoms with Gasteiger partial charge in [0, 0.05) is 10.2 Å². The van der Waals surface area contributed by atoms with Crippen LogP contribution in [0.1, 0.15) is 5.56 Å². The number of aliphatic carboxylic acids is 1. The lowest BCUT2D eigenvalue weighted by molar-refractivity contribution is -0.134. The van der Waals surface area contributed by atoms with Crippen LogP contribution in [0.5, 0.6) is 0 Å². The van der Waals surface area contributed by atoms with Gasteiger partial charge in [-0.25, -0.2) is 0 Å². The molecular weight excluding hydrogens is 248 g/mol. The molecule has 0 aromatic heterocycles. The number of benzene rings is 1. The molecule has 0 spiro atoms. The number of rotatable bonds is 3. The molecule has 14 heavy (non-hydrogen) atoms. The highest BCUT2D eigenvalue weighted by Crippen LogP contribution is 2.20. The summed E-state index contributed by atoms with van der Waals surface area (Å²) in [5.74, 6) is -0.925. The van der Waals surface area contributed by atoms with E-state index in [0.717, 1.165) is 0 Å². The first-order chi connectivity index (χ1) is 6.63. The minimum Gasteiger partial charge on any atom is -0.480 e. The zero-order valence-corrected chi connectivity index (χ0v) is 8.71. The van der Waals surface area contributed by atoms with E-state index in [0.29, 0.717) is 15.7 Å². The van der Waals surface area contributed by atoms with Gasteiger partial charge in [-0.05, 0) is 34.1 Å². The van der Waals surface area contributed by atoms with Crippen molar-refractivity contribution in [1.82, 2.24) is 0 Å². The summed E-state index contributed by atoms with van der Waals surface area (Å²) in [4.78, 5) is 10.3. The molecule has 0 saturated heterocycles. The molecule has 4 nitrogen and oxygen atoms in total. The van der Waals surface area contributed by atoms with Gasteiger partial charge in [-0.15, -0.1) is 0 Å². The van der Waals surface area contributed by atoms with Crippen LogP contribution in [-0.4, -0.2) is 17.6 Å². The Balaban J connectivity index is 2.77. The molecule has 0 bridgehead atoms. The fraction of sp³-hybridized carbons (Fsp3) is 0.111. The number of halogens is 1. The molecule has 0 heterocycles. The Labute approximate surface area is 89.3 Å². The van der Waals surface area contributed by atoms with Crippen molar-refractivity contribution in [3.8, 4) is 6.07 Å². The van der Waals surface area contributed by atoms with E-state index in [9.17, 15) is 4.79 Å². The van der Waals surface area contributed by atoms with Gasteiger partial charge in [-0.2, -0.15) is 5.26 Å². The van der Waals surface area contributed by atoms with Crippen molar-refractivity contribution >= 4 is 27.6 Å². The zero-order chi connectivity index (χ0) is 10.6. The number of carbonyl (C=O) groups is 1. The number of nitriles is 1. The van der Waals surface area contributed by atoms with E-state index >= 15 is 0 Å². The van der Waals surface area contributed by atoms with Crippen LogP contribution in [-0.2, 0) is 4.79 Å². The number of nitrogens with zero attached hydrogens (tertiary/aromatic N) is 1. The number of carboxylic acid groups (broad SMARTS) is 1. The second-order valence-electron chi connectivity index (χ2n) is 2.55. The molecule has 0 atom stereocenters. The third kappa shape index (κ3) is 2.75. The van der Waals surface area contributed by atoms with Crippen LogP contribution in [0.15, 0.2) is 22.7 Å². The summed E-state index contributed by atoms with van der Waals surface area (Å²) in [6.07, 6.45) is 0. The average molecular weight is 255 g/mol. The lowest BCUT2D eigenvalue weighted by Gasteiger charge is -2.03. The Bertz CT molecular complexity index is 398. The standard InChI is InChI=1S/C9H7BrN2O2/c10-8-3-7(12-5-9(13)14)2-1-6(8)4-11/h1-3,12H,5H2,(H,13,14). The minimum absolute atomic E-state index is 0.141. The fourth-order valence-electron chi connectivity index (χ4n) is 0.893. The van der Waals surface area contributed by atoms with Gasteiger partial charge in [0.05, 0.1) is 5.56 Å². The number of hydrogen-bond acceptors (Lipinski definition) is 3. The average Bonchev–Trinajstić information content (AvgIpc) is 2.15. The van der Waals surface area contributed by atoms with E-state index in [4.69, 9.17) is 10.4 Å². The van der Waals surface area contributed by atoms with Gasteiger partial charge in [0.1, 0.15) is 12.6 Å². The lowest BCUT2D eigenvalue weighted by atomic mass is 10.2. The van der Waals surface area contributed by atoms with Crippen LogP contribution in [0, 0.1) is 11.3 Å². The second kappa shape index (κ2) is 4.63. The summed E-state index contributed by atoms with van der Waals surface area (Å²) in [7, 11) is 0. The van der Waals surface area contributed by atoms with Crippen LogP contribution >= 0.6 is 15.9 Å². The molecule has 0 unspecified atom stereocenters. The molecule has 1 aromatic rings. The van der Waals surface area contributed by atoms with Crippen LogP contribution in [0.3, 0.4) is 0 Å². The Hall–Kier alpha value is -1.54. The monoisotopic (exact) mass is 254 g/mol. The smallest absolute Gasteiger partial charge is 0.322 e. The molecule has 2 N–H and O–H groups in total.